The van der Waals surface area contributed by atoms with Gasteiger partial charge < -0.3 is 20.3 Å². The minimum atomic E-state index is -0.259. The van der Waals surface area contributed by atoms with Crippen LogP contribution in [0.25, 0.3) is 0 Å². The summed E-state index contributed by atoms with van der Waals surface area (Å²) >= 11 is 0. The van der Waals surface area contributed by atoms with E-state index < -0.39 is 0 Å². The van der Waals surface area contributed by atoms with E-state index in [1.54, 1.807) is 0 Å². The molecule has 0 aromatic rings. The van der Waals surface area contributed by atoms with Crippen LogP contribution < -0.4 is 5.73 Å². The second-order valence-corrected chi connectivity index (χ2v) is 6.03. The van der Waals surface area contributed by atoms with Crippen molar-refractivity contribution in [1.29, 1.82) is 0 Å². The van der Waals surface area contributed by atoms with E-state index in [9.17, 15) is 4.79 Å². The lowest BCUT2D eigenvalue weighted by atomic mass is 9.96. The summed E-state index contributed by atoms with van der Waals surface area (Å²) < 4.78 is 5.68. The number of carbonyl (C=O) groups is 1. The molecule has 2 atom stereocenters. The summed E-state index contributed by atoms with van der Waals surface area (Å²) in [4.78, 5) is 16.5. The van der Waals surface area contributed by atoms with E-state index in [-0.39, 0.29) is 18.1 Å². The predicted octanol–water partition coefficient (Wildman–Crippen LogP) is 0.293. The Morgan fingerprint density at radius 2 is 2.00 bits per heavy atom. The third-order valence-corrected chi connectivity index (χ3v) is 4.39. The van der Waals surface area contributed by atoms with Gasteiger partial charge in [0.2, 0.25) is 0 Å². The number of ether oxygens (including phenoxy) is 1. The molecule has 0 aromatic heterocycles. The van der Waals surface area contributed by atoms with Gasteiger partial charge in [0, 0.05) is 20.1 Å². The Labute approximate surface area is 116 Å². The van der Waals surface area contributed by atoms with Crippen LogP contribution in [0.15, 0.2) is 0 Å². The molecule has 0 bridgehead atoms. The van der Waals surface area contributed by atoms with Crippen LogP contribution in [-0.2, 0) is 9.53 Å². The molecule has 2 fully saturated rings. The lowest BCUT2D eigenvalue weighted by Crippen LogP contribution is -2.42. The summed E-state index contributed by atoms with van der Waals surface area (Å²) in [6.45, 7) is 3.66. The number of rotatable bonds is 4. The van der Waals surface area contributed by atoms with Gasteiger partial charge in [-0.3, -0.25) is 4.79 Å². The van der Waals surface area contributed by atoms with Crippen LogP contribution in [0, 0.1) is 5.92 Å². The molecular formula is C14H27N3O2. The van der Waals surface area contributed by atoms with Gasteiger partial charge in [0.15, 0.2) is 0 Å². The van der Waals surface area contributed by atoms with Crippen molar-refractivity contribution < 1.29 is 9.53 Å². The largest absolute Gasteiger partial charge is 0.364 e. The Morgan fingerprint density at radius 1 is 1.32 bits per heavy atom. The number of likely N-dealkylation sites (tertiary alicyclic amines) is 1. The molecule has 2 N–H and O–H groups in total. The predicted molar refractivity (Wildman–Crippen MR) is 74.8 cm³/mol. The fraction of sp³-hybridized carbons (Fsp3) is 0.929. The zero-order chi connectivity index (χ0) is 13.8. The standard InChI is InChI=1S/C14H27N3O2/c1-16-7-5-11(6-8-16)10-17(2)14(18)13-4-3-12(9-15)19-13/h11-13H,3-10,15H2,1-2H3. The van der Waals surface area contributed by atoms with Crippen molar-refractivity contribution in [2.24, 2.45) is 11.7 Å². The number of hydrogen-bond acceptors (Lipinski definition) is 4. The molecule has 19 heavy (non-hydrogen) atoms. The Bertz CT molecular complexity index is 303. The first-order valence-corrected chi connectivity index (χ1v) is 7.39. The third-order valence-electron chi connectivity index (χ3n) is 4.39. The van der Waals surface area contributed by atoms with Gasteiger partial charge >= 0.3 is 0 Å². The summed E-state index contributed by atoms with van der Waals surface area (Å²) in [6, 6.07) is 0. The lowest BCUT2D eigenvalue weighted by Gasteiger charge is -2.32. The van der Waals surface area contributed by atoms with Crippen LogP contribution in [0.3, 0.4) is 0 Å². The monoisotopic (exact) mass is 269 g/mol. The minimum absolute atomic E-state index is 0.0747. The van der Waals surface area contributed by atoms with E-state index in [2.05, 4.69) is 11.9 Å². The van der Waals surface area contributed by atoms with E-state index in [1.165, 1.54) is 12.8 Å². The second-order valence-electron chi connectivity index (χ2n) is 6.03. The zero-order valence-corrected chi connectivity index (χ0v) is 12.2. The highest BCUT2D eigenvalue weighted by atomic mass is 16.5. The highest BCUT2D eigenvalue weighted by Gasteiger charge is 2.32. The van der Waals surface area contributed by atoms with E-state index in [0.29, 0.717) is 12.5 Å². The van der Waals surface area contributed by atoms with Crippen LogP contribution in [0.5, 0.6) is 0 Å². The van der Waals surface area contributed by atoms with E-state index in [4.69, 9.17) is 10.5 Å². The minimum Gasteiger partial charge on any atom is -0.364 e. The topological polar surface area (TPSA) is 58.8 Å². The molecule has 2 aliphatic rings. The number of nitrogens with zero attached hydrogens (tertiary/aromatic N) is 2. The van der Waals surface area contributed by atoms with Gasteiger partial charge in [-0.05, 0) is 51.7 Å². The molecular weight excluding hydrogens is 242 g/mol. The first-order valence-electron chi connectivity index (χ1n) is 7.39. The fourth-order valence-corrected chi connectivity index (χ4v) is 3.03. The lowest BCUT2D eigenvalue weighted by molar-refractivity contribution is -0.142. The molecule has 0 spiro atoms. The summed E-state index contributed by atoms with van der Waals surface area (Å²) in [6.07, 6.45) is 3.92. The van der Waals surface area contributed by atoms with Gasteiger partial charge in [0.1, 0.15) is 6.10 Å². The molecule has 2 aliphatic heterocycles. The van der Waals surface area contributed by atoms with Crippen molar-refractivity contribution in [3.63, 3.8) is 0 Å². The summed E-state index contributed by atoms with van der Waals surface area (Å²) in [5.41, 5.74) is 5.58. The smallest absolute Gasteiger partial charge is 0.251 e. The van der Waals surface area contributed by atoms with Gasteiger partial charge in [0.25, 0.3) is 5.91 Å². The summed E-state index contributed by atoms with van der Waals surface area (Å²) in [7, 11) is 4.06. The summed E-state index contributed by atoms with van der Waals surface area (Å²) in [5.74, 6) is 0.770. The maximum absolute atomic E-state index is 12.3. The Kier molecular flexibility index (Phi) is 5.19. The van der Waals surface area contributed by atoms with Crippen molar-refractivity contribution in [3.8, 4) is 0 Å². The molecule has 1 amide bonds. The van der Waals surface area contributed by atoms with Crippen molar-refractivity contribution >= 4 is 5.91 Å². The van der Waals surface area contributed by atoms with Crippen molar-refractivity contribution in [2.75, 3.05) is 40.3 Å². The molecule has 2 unspecified atom stereocenters. The van der Waals surface area contributed by atoms with Crippen LogP contribution in [0.2, 0.25) is 0 Å². The Balaban J connectivity index is 1.76. The molecule has 0 saturated carbocycles. The number of amides is 1. The SMILES string of the molecule is CN1CCC(CN(C)C(=O)C2CCC(CN)O2)CC1. The van der Waals surface area contributed by atoms with Gasteiger partial charge in [-0.25, -0.2) is 0 Å². The van der Waals surface area contributed by atoms with Crippen LogP contribution in [0.1, 0.15) is 25.7 Å². The highest BCUT2D eigenvalue weighted by molar-refractivity contribution is 5.81. The van der Waals surface area contributed by atoms with Gasteiger partial charge in [-0.15, -0.1) is 0 Å². The number of carbonyl (C=O) groups excluding carboxylic acids is 1. The average molecular weight is 269 g/mol. The molecule has 0 aliphatic carbocycles. The average Bonchev–Trinajstić information content (AvgIpc) is 2.89. The van der Waals surface area contributed by atoms with Crippen LogP contribution in [-0.4, -0.2) is 68.2 Å². The van der Waals surface area contributed by atoms with Crippen molar-refractivity contribution in [3.05, 3.63) is 0 Å². The first kappa shape index (κ1) is 14.8. The van der Waals surface area contributed by atoms with Crippen molar-refractivity contribution in [2.45, 2.75) is 37.9 Å². The molecule has 2 saturated heterocycles. The number of piperidine rings is 1. The number of nitrogens with two attached hydrogens (primary N) is 1. The van der Waals surface area contributed by atoms with Gasteiger partial charge in [-0.2, -0.15) is 0 Å². The maximum Gasteiger partial charge on any atom is 0.251 e. The van der Waals surface area contributed by atoms with Crippen LogP contribution in [0.4, 0.5) is 0 Å². The highest BCUT2D eigenvalue weighted by Crippen LogP contribution is 2.22. The Morgan fingerprint density at radius 3 is 2.58 bits per heavy atom. The normalized spacial score (nSPS) is 29.6. The first-order chi connectivity index (χ1) is 9.10. The summed E-state index contributed by atoms with van der Waals surface area (Å²) in [5, 5.41) is 0. The second kappa shape index (κ2) is 6.68. The molecule has 2 heterocycles. The van der Waals surface area contributed by atoms with E-state index in [1.807, 2.05) is 11.9 Å². The molecule has 2 rings (SSSR count). The van der Waals surface area contributed by atoms with E-state index in [0.717, 1.165) is 32.5 Å². The van der Waals surface area contributed by atoms with Crippen molar-refractivity contribution in [1.82, 2.24) is 9.80 Å². The van der Waals surface area contributed by atoms with Gasteiger partial charge in [-0.1, -0.05) is 0 Å². The fourth-order valence-electron chi connectivity index (χ4n) is 3.03. The Hall–Kier alpha value is -0.650. The van der Waals surface area contributed by atoms with E-state index >= 15 is 0 Å². The molecule has 0 radical (unpaired) electrons. The zero-order valence-electron chi connectivity index (χ0n) is 12.2. The third kappa shape index (κ3) is 3.91. The quantitative estimate of drug-likeness (QED) is 0.797. The van der Waals surface area contributed by atoms with Crippen LogP contribution >= 0.6 is 0 Å². The number of likely N-dealkylation sites (N-methyl/N-ethyl adjacent to an activating group) is 1. The number of hydrogen-bond donors (Lipinski definition) is 1. The molecule has 5 nitrogen and oxygen atoms in total. The maximum atomic E-state index is 12.3. The van der Waals surface area contributed by atoms with Gasteiger partial charge in [0.05, 0.1) is 6.10 Å². The molecule has 0 aromatic carbocycles. The molecule has 110 valence electrons. The molecule has 5 heteroatoms.